The first kappa shape index (κ1) is 13.6. The molecule has 0 saturated carbocycles. The average molecular weight is 280 g/mol. The van der Waals surface area contributed by atoms with Gasteiger partial charge in [0, 0.05) is 25.3 Å². The molecule has 0 aliphatic carbocycles. The summed E-state index contributed by atoms with van der Waals surface area (Å²) in [4.78, 5) is 14.1. The van der Waals surface area contributed by atoms with E-state index in [4.69, 9.17) is 17.0 Å². The zero-order chi connectivity index (χ0) is 13.8. The molecule has 6 heteroatoms. The Balaban J connectivity index is 2.60. The minimum atomic E-state index is -0.359. The van der Waals surface area contributed by atoms with Crippen molar-refractivity contribution in [2.45, 2.75) is 6.54 Å². The van der Waals surface area contributed by atoms with Crippen molar-refractivity contribution in [1.82, 2.24) is 9.55 Å². The first-order valence-corrected chi connectivity index (χ1v) is 6.11. The summed E-state index contributed by atoms with van der Waals surface area (Å²) in [7, 11) is 1.58. The van der Waals surface area contributed by atoms with E-state index < -0.39 is 0 Å². The molecule has 19 heavy (non-hydrogen) atoms. The highest BCUT2D eigenvalue weighted by atomic mass is 32.1. The van der Waals surface area contributed by atoms with Gasteiger partial charge in [-0.1, -0.05) is 12.1 Å². The molecule has 1 N–H and O–H groups in total. The van der Waals surface area contributed by atoms with Crippen molar-refractivity contribution in [2.75, 3.05) is 13.7 Å². The number of nitrogens with one attached hydrogen (secondary N) is 1. The van der Waals surface area contributed by atoms with E-state index in [0.717, 1.165) is 0 Å². The number of H-pyrrole nitrogens is 1. The van der Waals surface area contributed by atoms with Crippen molar-refractivity contribution in [3.8, 4) is 11.3 Å². The minimum absolute atomic E-state index is 0.295. The Morgan fingerprint density at radius 1 is 1.42 bits per heavy atom. The van der Waals surface area contributed by atoms with E-state index in [1.807, 2.05) is 0 Å². The molecule has 1 aromatic carbocycles. The van der Waals surface area contributed by atoms with Gasteiger partial charge in [0.15, 0.2) is 4.77 Å². The van der Waals surface area contributed by atoms with Crippen molar-refractivity contribution in [2.24, 2.45) is 0 Å². The molecule has 2 aromatic rings. The summed E-state index contributed by atoms with van der Waals surface area (Å²) in [6.07, 6.45) is 0. The van der Waals surface area contributed by atoms with Crippen LogP contribution in [0.25, 0.3) is 11.3 Å². The number of aromatic amines is 1. The number of hydrogen-bond donors (Lipinski definition) is 1. The number of methoxy groups -OCH3 is 1. The molecule has 0 spiro atoms. The van der Waals surface area contributed by atoms with E-state index in [2.05, 4.69) is 4.98 Å². The topological polar surface area (TPSA) is 47.0 Å². The van der Waals surface area contributed by atoms with E-state index >= 15 is 0 Å². The molecule has 1 heterocycles. The van der Waals surface area contributed by atoms with Gasteiger partial charge in [-0.25, -0.2) is 4.39 Å². The molecule has 0 atom stereocenters. The van der Waals surface area contributed by atoms with Gasteiger partial charge in [0.1, 0.15) is 5.82 Å². The first-order chi connectivity index (χ1) is 9.11. The second-order valence-electron chi connectivity index (χ2n) is 3.98. The standard InChI is InChI=1S/C13H13FN2O2S/c1-18-6-5-16-11(8-12(17)15-13(16)19)9-3-2-4-10(14)7-9/h2-4,7-8H,5-6H2,1H3,(H,15,17,19). The zero-order valence-electron chi connectivity index (χ0n) is 10.4. The van der Waals surface area contributed by atoms with Gasteiger partial charge in [0.25, 0.3) is 5.56 Å². The monoisotopic (exact) mass is 280 g/mol. The maximum Gasteiger partial charge on any atom is 0.252 e. The number of halogens is 1. The van der Waals surface area contributed by atoms with E-state index in [1.54, 1.807) is 23.8 Å². The van der Waals surface area contributed by atoms with Crippen LogP contribution in [0.15, 0.2) is 35.1 Å². The van der Waals surface area contributed by atoms with E-state index in [1.165, 1.54) is 18.2 Å². The van der Waals surface area contributed by atoms with Crippen LogP contribution < -0.4 is 5.56 Å². The Morgan fingerprint density at radius 2 is 2.21 bits per heavy atom. The zero-order valence-corrected chi connectivity index (χ0v) is 11.2. The first-order valence-electron chi connectivity index (χ1n) is 5.71. The Labute approximate surface area is 114 Å². The fourth-order valence-electron chi connectivity index (χ4n) is 1.81. The lowest BCUT2D eigenvalue weighted by atomic mass is 10.1. The summed E-state index contributed by atoms with van der Waals surface area (Å²) in [5.74, 6) is -0.359. The normalized spacial score (nSPS) is 10.6. The van der Waals surface area contributed by atoms with Crippen LogP contribution in [0.1, 0.15) is 0 Å². The van der Waals surface area contributed by atoms with Crippen molar-refractivity contribution < 1.29 is 9.13 Å². The molecule has 0 fully saturated rings. The second-order valence-corrected chi connectivity index (χ2v) is 4.37. The van der Waals surface area contributed by atoms with Crippen LogP contribution in [0.3, 0.4) is 0 Å². The van der Waals surface area contributed by atoms with E-state index in [0.29, 0.717) is 29.2 Å². The second kappa shape index (κ2) is 5.90. The summed E-state index contributed by atoms with van der Waals surface area (Å²) >= 11 is 5.13. The Morgan fingerprint density at radius 3 is 2.89 bits per heavy atom. The van der Waals surface area contributed by atoms with Gasteiger partial charge in [0.2, 0.25) is 0 Å². The van der Waals surface area contributed by atoms with Gasteiger partial charge in [-0.2, -0.15) is 0 Å². The molecular weight excluding hydrogens is 267 g/mol. The lowest BCUT2D eigenvalue weighted by Crippen LogP contribution is -2.16. The highest BCUT2D eigenvalue weighted by molar-refractivity contribution is 7.71. The SMILES string of the molecule is COCCn1c(-c2cccc(F)c2)cc(=O)[nH]c1=S. The summed E-state index contributed by atoms with van der Waals surface area (Å²) < 4.78 is 20.3. The van der Waals surface area contributed by atoms with Gasteiger partial charge in [-0.15, -0.1) is 0 Å². The summed E-state index contributed by atoms with van der Waals surface area (Å²) in [5, 5.41) is 0. The number of aromatic nitrogens is 2. The van der Waals surface area contributed by atoms with E-state index in [-0.39, 0.29) is 11.4 Å². The maximum absolute atomic E-state index is 13.3. The third-order valence-electron chi connectivity index (χ3n) is 2.67. The minimum Gasteiger partial charge on any atom is -0.383 e. The molecule has 100 valence electrons. The molecule has 0 aliphatic rings. The molecule has 2 rings (SSSR count). The van der Waals surface area contributed by atoms with Crippen molar-refractivity contribution >= 4 is 12.2 Å². The van der Waals surface area contributed by atoms with Gasteiger partial charge in [-0.05, 0) is 24.4 Å². The highest BCUT2D eigenvalue weighted by Gasteiger charge is 2.07. The van der Waals surface area contributed by atoms with Gasteiger partial charge < -0.3 is 9.30 Å². The van der Waals surface area contributed by atoms with Gasteiger partial charge >= 0.3 is 0 Å². The van der Waals surface area contributed by atoms with Gasteiger partial charge in [-0.3, -0.25) is 9.78 Å². The molecule has 0 bridgehead atoms. The van der Waals surface area contributed by atoms with Crippen LogP contribution in [-0.4, -0.2) is 23.3 Å². The molecule has 0 amide bonds. The summed E-state index contributed by atoms with van der Waals surface area (Å²) in [6, 6.07) is 7.45. The Kier molecular flexibility index (Phi) is 4.24. The summed E-state index contributed by atoms with van der Waals surface area (Å²) in [5.41, 5.74) is 0.872. The number of ether oxygens (including phenoxy) is 1. The van der Waals surface area contributed by atoms with Crippen molar-refractivity contribution in [1.29, 1.82) is 0 Å². The Bertz CT molecular complexity index is 694. The highest BCUT2D eigenvalue weighted by Crippen LogP contribution is 2.18. The largest absolute Gasteiger partial charge is 0.383 e. The van der Waals surface area contributed by atoms with Crippen molar-refractivity contribution in [3.05, 3.63) is 51.3 Å². The molecule has 1 aromatic heterocycles. The van der Waals surface area contributed by atoms with Crippen LogP contribution in [-0.2, 0) is 11.3 Å². The van der Waals surface area contributed by atoms with Crippen LogP contribution >= 0.6 is 12.2 Å². The molecular formula is C13H13FN2O2S. The number of rotatable bonds is 4. The molecule has 0 radical (unpaired) electrons. The molecule has 4 nitrogen and oxygen atoms in total. The Hall–Kier alpha value is -1.79. The summed E-state index contributed by atoms with van der Waals surface area (Å²) in [6.45, 7) is 0.931. The van der Waals surface area contributed by atoms with Crippen LogP contribution in [0.2, 0.25) is 0 Å². The number of nitrogens with zero attached hydrogens (tertiary/aromatic N) is 1. The van der Waals surface area contributed by atoms with E-state index in [9.17, 15) is 9.18 Å². The quantitative estimate of drug-likeness (QED) is 0.875. The van der Waals surface area contributed by atoms with Crippen LogP contribution in [0.5, 0.6) is 0 Å². The molecule has 0 saturated heterocycles. The fourth-order valence-corrected chi connectivity index (χ4v) is 2.10. The number of benzene rings is 1. The lowest BCUT2D eigenvalue weighted by molar-refractivity contribution is 0.186. The lowest BCUT2D eigenvalue weighted by Gasteiger charge is -2.13. The number of hydrogen-bond acceptors (Lipinski definition) is 3. The molecule has 0 aliphatic heterocycles. The maximum atomic E-state index is 13.3. The van der Waals surface area contributed by atoms with Crippen LogP contribution in [0, 0.1) is 10.6 Å². The molecule has 0 unspecified atom stereocenters. The fraction of sp³-hybridized carbons (Fsp3) is 0.231. The third-order valence-corrected chi connectivity index (χ3v) is 3.00. The third kappa shape index (κ3) is 3.15. The predicted octanol–water partition coefficient (Wildman–Crippen LogP) is 2.36. The average Bonchev–Trinajstić information content (AvgIpc) is 2.37. The smallest absolute Gasteiger partial charge is 0.252 e. The van der Waals surface area contributed by atoms with Crippen molar-refractivity contribution in [3.63, 3.8) is 0 Å². The van der Waals surface area contributed by atoms with Gasteiger partial charge in [0.05, 0.1) is 12.3 Å². The van der Waals surface area contributed by atoms with Crippen LogP contribution in [0.4, 0.5) is 4.39 Å². The predicted molar refractivity (Wildman–Crippen MR) is 73.2 cm³/mol.